The fraction of sp³-hybridized carbons (Fsp3) is 0.714. The Balaban J connectivity index is 3.28. The van der Waals surface area contributed by atoms with Crippen LogP contribution in [-0.2, 0) is 23.8 Å². The van der Waals surface area contributed by atoms with Gasteiger partial charge in [0.1, 0.15) is 18.3 Å². The normalized spacial score (nSPS) is 27.0. The van der Waals surface area contributed by atoms with Crippen molar-refractivity contribution in [2.45, 2.75) is 45.2 Å². The van der Waals surface area contributed by atoms with Crippen molar-refractivity contribution < 1.29 is 44.2 Å². The number of carboxylic acid groups (broad SMARTS) is 1. The molecule has 9 nitrogen and oxygen atoms in total. The average Bonchev–Trinajstić information content (AvgIpc) is 2.49. The van der Waals surface area contributed by atoms with E-state index in [0.717, 1.165) is 6.92 Å². The number of carbonyl (C=O) groups is 2. The second-order valence-electron chi connectivity index (χ2n) is 5.14. The number of hydrogen-bond donors (Lipinski definition) is 4. The van der Waals surface area contributed by atoms with Gasteiger partial charge in [-0.1, -0.05) is 6.92 Å². The minimum atomic E-state index is -1.58. The lowest BCUT2D eigenvalue weighted by Gasteiger charge is -2.39. The second-order valence-corrected chi connectivity index (χ2v) is 5.14. The summed E-state index contributed by atoms with van der Waals surface area (Å²) < 4.78 is 15.6. The van der Waals surface area contributed by atoms with E-state index in [4.69, 9.17) is 19.3 Å². The van der Waals surface area contributed by atoms with E-state index in [-0.39, 0.29) is 12.4 Å². The first-order valence-electron chi connectivity index (χ1n) is 7.15. The summed E-state index contributed by atoms with van der Waals surface area (Å²) in [5.74, 6) is -3.62. The van der Waals surface area contributed by atoms with E-state index in [2.05, 4.69) is 0 Å². The van der Waals surface area contributed by atoms with E-state index < -0.39 is 54.6 Å². The molecule has 0 fully saturated rings. The molecule has 0 amide bonds. The molecule has 132 valence electrons. The van der Waals surface area contributed by atoms with Crippen LogP contribution in [0, 0.1) is 5.92 Å². The maximum absolute atomic E-state index is 11.4. The number of carboxylic acids is 1. The minimum Gasteiger partial charge on any atom is -0.490 e. The number of aliphatic carboxylic acids is 1. The molecule has 23 heavy (non-hydrogen) atoms. The summed E-state index contributed by atoms with van der Waals surface area (Å²) in [5.41, 5.74) is 0. The van der Waals surface area contributed by atoms with Gasteiger partial charge >= 0.3 is 11.9 Å². The second kappa shape index (κ2) is 8.14. The maximum Gasteiger partial charge on any atom is 0.374 e. The summed E-state index contributed by atoms with van der Waals surface area (Å²) >= 11 is 0. The highest BCUT2D eigenvalue weighted by molar-refractivity contribution is 5.85. The molecule has 0 spiro atoms. The third-order valence-corrected chi connectivity index (χ3v) is 3.44. The monoisotopic (exact) mass is 334 g/mol. The number of carbonyl (C=O) groups excluding carboxylic acids is 1. The Labute approximate surface area is 133 Å². The number of rotatable bonds is 7. The Morgan fingerprint density at radius 2 is 1.96 bits per heavy atom. The first kappa shape index (κ1) is 19.2. The summed E-state index contributed by atoms with van der Waals surface area (Å²) in [4.78, 5) is 22.7. The zero-order chi connectivity index (χ0) is 17.7. The van der Waals surface area contributed by atoms with Gasteiger partial charge in [-0.2, -0.15) is 0 Å². The fourth-order valence-electron chi connectivity index (χ4n) is 2.35. The van der Waals surface area contributed by atoms with Crippen LogP contribution in [-0.4, -0.2) is 70.0 Å². The lowest BCUT2D eigenvalue weighted by atomic mass is 9.88. The van der Waals surface area contributed by atoms with Gasteiger partial charge in [-0.3, -0.25) is 4.79 Å². The highest BCUT2D eigenvalue weighted by Crippen LogP contribution is 2.34. The lowest BCUT2D eigenvalue weighted by Crippen LogP contribution is -2.52. The van der Waals surface area contributed by atoms with Crippen LogP contribution >= 0.6 is 0 Å². The molecule has 0 aromatic rings. The highest BCUT2D eigenvalue weighted by atomic mass is 16.6. The van der Waals surface area contributed by atoms with Crippen molar-refractivity contribution in [2.24, 2.45) is 5.92 Å². The van der Waals surface area contributed by atoms with Crippen molar-refractivity contribution in [3.63, 3.8) is 0 Å². The first-order valence-corrected chi connectivity index (χ1v) is 7.15. The number of hydrogen-bond acceptors (Lipinski definition) is 8. The van der Waals surface area contributed by atoms with E-state index in [1.807, 2.05) is 0 Å². The molecule has 0 aliphatic carbocycles. The SMILES string of the molecule is CCOC1=C(C(=O)O)O[C@@H]([C@H](O)[C@H](O)CO)[C@H](C)[C@H]1OC(C)=O. The molecule has 0 radical (unpaired) electrons. The zero-order valence-electron chi connectivity index (χ0n) is 13.1. The van der Waals surface area contributed by atoms with Crippen LogP contribution in [0.5, 0.6) is 0 Å². The van der Waals surface area contributed by atoms with Crippen LogP contribution in [0.1, 0.15) is 20.8 Å². The smallest absolute Gasteiger partial charge is 0.374 e. The van der Waals surface area contributed by atoms with Crippen molar-refractivity contribution in [1.29, 1.82) is 0 Å². The Morgan fingerprint density at radius 1 is 1.35 bits per heavy atom. The Morgan fingerprint density at radius 3 is 2.39 bits per heavy atom. The summed E-state index contributed by atoms with van der Waals surface area (Å²) in [6, 6.07) is 0. The van der Waals surface area contributed by atoms with E-state index in [1.54, 1.807) is 13.8 Å². The highest BCUT2D eigenvalue weighted by Gasteiger charge is 2.47. The quantitative estimate of drug-likeness (QED) is 0.431. The average molecular weight is 334 g/mol. The van der Waals surface area contributed by atoms with Crippen molar-refractivity contribution in [2.75, 3.05) is 13.2 Å². The summed E-state index contributed by atoms with van der Waals surface area (Å²) in [5, 5.41) is 37.8. The molecule has 0 aromatic heterocycles. The molecule has 9 heteroatoms. The summed E-state index contributed by atoms with van der Waals surface area (Å²) in [6.07, 6.45) is -5.43. The molecule has 4 N–H and O–H groups in total. The molecule has 1 aliphatic rings. The first-order chi connectivity index (χ1) is 10.7. The largest absolute Gasteiger partial charge is 0.490 e. The number of aliphatic hydroxyl groups excluding tert-OH is 3. The van der Waals surface area contributed by atoms with Gasteiger partial charge in [0.2, 0.25) is 5.76 Å². The van der Waals surface area contributed by atoms with Crippen LogP contribution in [0.3, 0.4) is 0 Å². The minimum absolute atomic E-state index is 0.118. The molecule has 1 aliphatic heterocycles. The van der Waals surface area contributed by atoms with Crippen molar-refractivity contribution in [3.05, 3.63) is 11.5 Å². The molecule has 0 saturated heterocycles. The lowest BCUT2D eigenvalue weighted by molar-refractivity contribution is -0.173. The van der Waals surface area contributed by atoms with Crippen molar-refractivity contribution in [3.8, 4) is 0 Å². The molecule has 5 atom stereocenters. The molecular formula is C14H22O9. The molecular weight excluding hydrogens is 312 g/mol. The topological polar surface area (TPSA) is 143 Å². The number of aliphatic hydroxyl groups is 3. The fourth-order valence-corrected chi connectivity index (χ4v) is 2.35. The van der Waals surface area contributed by atoms with Crippen LogP contribution in [0.15, 0.2) is 11.5 Å². The van der Waals surface area contributed by atoms with E-state index in [0.29, 0.717) is 0 Å². The third kappa shape index (κ3) is 4.34. The Kier molecular flexibility index (Phi) is 6.79. The molecule has 0 saturated carbocycles. The third-order valence-electron chi connectivity index (χ3n) is 3.44. The maximum atomic E-state index is 11.4. The van der Waals surface area contributed by atoms with Gasteiger partial charge in [-0.25, -0.2) is 4.79 Å². The van der Waals surface area contributed by atoms with Crippen LogP contribution in [0.4, 0.5) is 0 Å². The van der Waals surface area contributed by atoms with Crippen molar-refractivity contribution >= 4 is 11.9 Å². The van der Waals surface area contributed by atoms with E-state index in [1.165, 1.54) is 0 Å². The molecule has 0 bridgehead atoms. The van der Waals surface area contributed by atoms with Gasteiger partial charge in [0.25, 0.3) is 0 Å². The zero-order valence-corrected chi connectivity index (χ0v) is 13.1. The van der Waals surface area contributed by atoms with Gasteiger partial charge in [-0.15, -0.1) is 0 Å². The van der Waals surface area contributed by atoms with Crippen LogP contribution < -0.4 is 0 Å². The summed E-state index contributed by atoms with van der Waals surface area (Å²) in [7, 11) is 0. The standard InChI is InChI=1S/C14H22O9/c1-4-21-12-11(22-7(3)16)6(2)10(9(18)8(17)5-15)23-13(12)14(19)20/h6,8-11,15,17-18H,4-5H2,1-3H3,(H,19,20)/t6-,8+,9+,10+,11+/m0/s1. The van der Waals surface area contributed by atoms with E-state index in [9.17, 15) is 24.9 Å². The van der Waals surface area contributed by atoms with Gasteiger partial charge in [-0.05, 0) is 6.92 Å². The van der Waals surface area contributed by atoms with Gasteiger partial charge in [0.05, 0.1) is 13.2 Å². The van der Waals surface area contributed by atoms with Crippen LogP contribution in [0.2, 0.25) is 0 Å². The van der Waals surface area contributed by atoms with E-state index >= 15 is 0 Å². The predicted molar refractivity (Wildman–Crippen MR) is 75.0 cm³/mol. The molecule has 0 unspecified atom stereocenters. The van der Waals surface area contributed by atoms with Crippen LogP contribution in [0.25, 0.3) is 0 Å². The van der Waals surface area contributed by atoms with Gasteiger partial charge in [0.15, 0.2) is 11.9 Å². The summed E-state index contributed by atoms with van der Waals surface area (Å²) in [6.45, 7) is 3.70. The Hall–Kier alpha value is -1.84. The Bertz CT molecular complexity index is 473. The predicted octanol–water partition coefficient (Wildman–Crippen LogP) is -1.00. The van der Waals surface area contributed by atoms with Gasteiger partial charge < -0.3 is 34.6 Å². The number of esters is 1. The molecule has 1 rings (SSSR count). The molecule has 0 aromatic carbocycles. The van der Waals surface area contributed by atoms with Crippen molar-refractivity contribution in [1.82, 2.24) is 0 Å². The van der Waals surface area contributed by atoms with Gasteiger partial charge in [0, 0.05) is 12.8 Å². The molecule has 1 heterocycles. The number of ether oxygens (including phenoxy) is 3.